The first-order chi connectivity index (χ1) is 10.2. The lowest BCUT2D eigenvalue weighted by atomic mass is 9.70. The van der Waals surface area contributed by atoms with Crippen molar-refractivity contribution in [3.8, 4) is 0 Å². The summed E-state index contributed by atoms with van der Waals surface area (Å²) in [6.45, 7) is 18.8. The lowest BCUT2D eigenvalue weighted by Gasteiger charge is -2.38. The first kappa shape index (κ1) is 23.1. The lowest BCUT2D eigenvalue weighted by Crippen LogP contribution is -2.46. The molecule has 0 rings (SSSR count). The van der Waals surface area contributed by atoms with Gasteiger partial charge in [-0.25, -0.2) is 0 Å². The SMILES string of the molecule is CO[Si](CC(C)(C)CC(C)CC(C)(C)CC(C)(C)C)(OC)OC. The lowest BCUT2D eigenvalue weighted by molar-refractivity contribution is 0.101. The molecule has 0 aliphatic rings. The van der Waals surface area contributed by atoms with Crippen LogP contribution in [0.3, 0.4) is 0 Å². The second kappa shape index (κ2) is 8.46. The Bertz CT molecular complexity index is 333. The van der Waals surface area contributed by atoms with Crippen LogP contribution >= 0.6 is 0 Å². The Labute approximate surface area is 146 Å². The summed E-state index contributed by atoms with van der Waals surface area (Å²) in [4.78, 5) is 0. The third kappa shape index (κ3) is 9.23. The van der Waals surface area contributed by atoms with Crippen molar-refractivity contribution in [1.82, 2.24) is 0 Å². The molecule has 0 amide bonds. The summed E-state index contributed by atoms with van der Waals surface area (Å²) in [6.07, 6.45) is 3.65. The van der Waals surface area contributed by atoms with E-state index in [1.165, 1.54) is 12.8 Å². The predicted octanol–water partition coefficient (Wildman–Crippen LogP) is 5.77. The maximum Gasteiger partial charge on any atom is 0.500 e. The highest BCUT2D eigenvalue weighted by atomic mass is 28.4. The van der Waals surface area contributed by atoms with Gasteiger partial charge in [0.15, 0.2) is 0 Å². The van der Waals surface area contributed by atoms with Gasteiger partial charge >= 0.3 is 8.80 Å². The second-order valence-corrected chi connectivity index (χ2v) is 13.0. The minimum absolute atomic E-state index is 0.144. The Morgan fingerprint density at radius 1 is 0.739 bits per heavy atom. The molecule has 0 aromatic rings. The van der Waals surface area contributed by atoms with Gasteiger partial charge in [-0.15, -0.1) is 0 Å². The highest BCUT2D eigenvalue weighted by molar-refractivity contribution is 6.60. The van der Waals surface area contributed by atoms with Gasteiger partial charge in [-0.2, -0.15) is 0 Å². The Hall–Kier alpha value is 0.0969. The van der Waals surface area contributed by atoms with Gasteiger partial charge in [0.05, 0.1) is 0 Å². The Morgan fingerprint density at radius 3 is 1.48 bits per heavy atom. The van der Waals surface area contributed by atoms with Crippen molar-refractivity contribution in [2.45, 2.75) is 80.7 Å². The molecule has 4 heteroatoms. The standard InChI is InChI=1S/C19H42O3Si/c1-16(12-18(5,6)14-17(2,3)4)13-19(7,8)15-23(20-9,21-10)22-11/h16H,12-15H2,1-11H3. The van der Waals surface area contributed by atoms with E-state index in [0.717, 1.165) is 12.5 Å². The fourth-order valence-electron chi connectivity index (χ4n) is 4.59. The fraction of sp³-hybridized carbons (Fsp3) is 1.00. The van der Waals surface area contributed by atoms with Crippen LogP contribution in [0.5, 0.6) is 0 Å². The maximum absolute atomic E-state index is 5.61. The van der Waals surface area contributed by atoms with Crippen molar-refractivity contribution < 1.29 is 13.3 Å². The zero-order valence-electron chi connectivity index (χ0n) is 17.6. The molecule has 0 saturated heterocycles. The molecule has 23 heavy (non-hydrogen) atoms. The topological polar surface area (TPSA) is 27.7 Å². The summed E-state index contributed by atoms with van der Waals surface area (Å²) in [7, 11) is 2.58. The Balaban J connectivity index is 4.77. The molecule has 0 bridgehead atoms. The molecule has 0 saturated carbocycles. The van der Waals surface area contributed by atoms with E-state index in [-0.39, 0.29) is 5.41 Å². The molecule has 0 spiro atoms. The van der Waals surface area contributed by atoms with Crippen LogP contribution in [-0.2, 0) is 13.3 Å². The summed E-state index contributed by atoms with van der Waals surface area (Å²) in [5.41, 5.74) is 0.889. The van der Waals surface area contributed by atoms with E-state index in [1.807, 2.05) is 0 Å². The van der Waals surface area contributed by atoms with Gasteiger partial charge in [-0.3, -0.25) is 0 Å². The molecule has 1 unspecified atom stereocenters. The predicted molar refractivity (Wildman–Crippen MR) is 102 cm³/mol. The zero-order valence-corrected chi connectivity index (χ0v) is 18.6. The van der Waals surface area contributed by atoms with Crippen molar-refractivity contribution in [3.63, 3.8) is 0 Å². The van der Waals surface area contributed by atoms with E-state index in [0.29, 0.717) is 16.7 Å². The van der Waals surface area contributed by atoms with Crippen molar-refractivity contribution in [2.75, 3.05) is 21.3 Å². The first-order valence-electron chi connectivity index (χ1n) is 8.85. The molecule has 3 nitrogen and oxygen atoms in total. The molecule has 0 aromatic carbocycles. The molecule has 0 aliphatic carbocycles. The quantitative estimate of drug-likeness (QED) is 0.470. The minimum Gasteiger partial charge on any atom is -0.377 e. The average molecular weight is 347 g/mol. The molecule has 1 atom stereocenters. The molecular weight excluding hydrogens is 304 g/mol. The number of hydrogen-bond donors (Lipinski definition) is 0. The molecule has 0 aromatic heterocycles. The second-order valence-electron chi connectivity index (χ2n) is 10.1. The molecule has 0 radical (unpaired) electrons. The van der Waals surface area contributed by atoms with Gasteiger partial charge < -0.3 is 13.3 Å². The van der Waals surface area contributed by atoms with Crippen LogP contribution in [-0.4, -0.2) is 30.1 Å². The molecule has 0 heterocycles. The summed E-state index contributed by atoms with van der Waals surface area (Å²) < 4.78 is 16.8. The maximum atomic E-state index is 5.61. The highest BCUT2D eigenvalue weighted by Gasteiger charge is 2.44. The summed E-state index contributed by atoms with van der Waals surface area (Å²) in [5, 5.41) is 0. The van der Waals surface area contributed by atoms with Crippen LogP contribution in [0.2, 0.25) is 6.04 Å². The van der Waals surface area contributed by atoms with Crippen LogP contribution in [0.4, 0.5) is 0 Å². The molecule has 0 fully saturated rings. The minimum atomic E-state index is -2.52. The molecule has 0 aliphatic heterocycles. The third-order valence-electron chi connectivity index (χ3n) is 4.44. The largest absolute Gasteiger partial charge is 0.500 e. The van der Waals surface area contributed by atoms with Crippen LogP contribution in [0.25, 0.3) is 0 Å². The average Bonchev–Trinajstić information content (AvgIpc) is 2.31. The van der Waals surface area contributed by atoms with Crippen molar-refractivity contribution in [3.05, 3.63) is 0 Å². The molecule has 140 valence electrons. The molecular formula is C19H42O3Si. The molecule has 0 N–H and O–H groups in total. The first-order valence-corrected chi connectivity index (χ1v) is 10.8. The van der Waals surface area contributed by atoms with Crippen molar-refractivity contribution in [1.29, 1.82) is 0 Å². The van der Waals surface area contributed by atoms with Crippen LogP contribution in [0.1, 0.15) is 74.7 Å². The van der Waals surface area contributed by atoms with Crippen LogP contribution < -0.4 is 0 Å². The van der Waals surface area contributed by atoms with E-state index in [9.17, 15) is 0 Å². The zero-order chi connectivity index (χ0) is 18.5. The van der Waals surface area contributed by atoms with Gasteiger partial charge in [-0.05, 0) is 41.4 Å². The summed E-state index contributed by atoms with van der Waals surface area (Å²) in [5.74, 6) is 0.666. The van der Waals surface area contributed by atoms with Crippen molar-refractivity contribution >= 4 is 8.80 Å². The van der Waals surface area contributed by atoms with Crippen LogP contribution in [0.15, 0.2) is 0 Å². The van der Waals surface area contributed by atoms with Gasteiger partial charge in [0.25, 0.3) is 0 Å². The summed E-state index contributed by atoms with van der Waals surface area (Å²) >= 11 is 0. The summed E-state index contributed by atoms with van der Waals surface area (Å²) in [6, 6.07) is 0.855. The van der Waals surface area contributed by atoms with Crippen molar-refractivity contribution in [2.24, 2.45) is 22.2 Å². The number of hydrogen-bond acceptors (Lipinski definition) is 3. The third-order valence-corrected chi connectivity index (χ3v) is 7.70. The van der Waals surface area contributed by atoms with Gasteiger partial charge in [0, 0.05) is 27.4 Å². The van der Waals surface area contributed by atoms with E-state index in [4.69, 9.17) is 13.3 Å². The van der Waals surface area contributed by atoms with Gasteiger partial charge in [0.1, 0.15) is 0 Å². The van der Waals surface area contributed by atoms with Gasteiger partial charge in [-0.1, -0.05) is 55.4 Å². The smallest absolute Gasteiger partial charge is 0.377 e. The van der Waals surface area contributed by atoms with E-state index in [2.05, 4.69) is 55.4 Å². The van der Waals surface area contributed by atoms with E-state index in [1.54, 1.807) is 21.3 Å². The Kier molecular flexibility index (Phi) is 8.50. The van der Waals surface area contributed by atoms with E-state index < -0.39 is 8.80 Å². The Morgan fingerprint density at radius 2 is 1.13 bits per heavy atom. The normalized spacial score (nSPS) is 15.8. The van der Waals surface area contributed by atoms with E-state index >= 15 is 0 Å². The monoisotopic (exact) mass is 346 g/mol. The van der Waals surface area contributed by atoms with Gasteiger partial charge in [0.2, 0.25) is 0 Å². The highest BCUT2D eigenvalue weighted by Crippen LogP contribution is 2.42. The fourth-order valence-corrected chi connectivity index (χ4v) is 6.84. The number of rotatable bonds is 10. The van der Waals surface area contributed by atoms with Crippen LogP contribution in [0, 0.1) is 22.2 Å².